The van der Waals surface area contributed by atoms with Gasteiger partial charge in [-0.15, -0.1) is 0 Å². The number of hydrogen-bond donors (Lipinski definition) is 2. The highest BCUT2D eigenvalue weighted by molar-refractivity contribution is 9.10. The summed E-state index contributed by atoms with van der Waals surface area (Å²) in [4.78, 5) is 1.63. The zero-order valence-electron chi connectivity index (χ0n) is 10.9. The van der Waals surface area contributed by atoms with Crippen molar-refractivity contribution >= 4 is 37.3 Å². The third kappa shape index (κ3) is 2.80. The van der Waals surface area contributed by atoms with Gasteiger partial charge >= 0.3 is 0 Å². The molecule has 0 radical (unpaired) electrons. The molecule has 110 valence electrons. The largest absolute Gasteiger partial charge is 0.384 e. The normalized spacial score (nSPS) is 20.9. The predicted octanol–water partition coefficient (Wildman–Crippen LogP) is 1.50. The molecule has 0 spiro atoms. The quantitative estimate of drug-likeness (QED) is 0.629. The Kier molecular flexibility index (Phi) is 4.06. The summed E-state index contributed by atoms with van der Waals surface area (Å²) < 4.78 is 37.4. The number of anilines is 1. The lowest BCUT2D eigenvalue weighted by Gasteiger charge is -2.26. The van der Waals surface area contributed by atoms with Crippen molar-refractivity contribution in [3.63, 3.8) is 0 Å². The van der Waals surface area contributed by atoms with Crippen molar-refractivity contribution < 1.29 is 12.8 Å². The van der Waals surface area contributed by atoms with E-state index in [1.807, 2.05) is 0 Å². The summed E-state index contributed by atoms with van der Waals surface area (Å²) in [7, 11) is -1.35. The fourth-order valence-corrected chi connectivity index (χ4v) is 4.62. The number of rotatable bonds is 3. The Morgan fingerprint density at radius 2 is 2.20 bits per heavy atom. The van der Waals surface area contributed by atoms with Gasteiger partial charge in [-0.25, -0.2) is 12.8 Å². The number of sulfone groups is 1. The fourth-order valence-electron chi connectivity index (χ4n) is 2.30. The van der Waals surface area contributed by atoms with Crippen molar-refractivity contribution in [2.24, 2.45) is 5.73 Å². The first-order chi connectivity index (χ1) is 9.23. The van der Waals surface area contributed by atoms with Crippen LogP contribution >= 0.6 is 15.9 Å². The molecule has 3 N–H and O–H groups in total. The van der Waals surface area contributed by atoms with Gasteiger partial charge in [0.15, 0.2) is 15.7 Å². The number of benzene rings is 1. The molecule has 0 amide bonds. The Labute approximate surface area is 125 Å². The number of nitrogen functional groups attached to an aromatic ring is 1. The third-order valence-corrected chi connectivity index (χ3v) is 6.01. The molecule has 1 aromatic carbocycles. The van der Waals surface area contributed by atoms with Gasteiger partial charge in [-0.2, -0.15) is 0 Å². The SMILES string of the molecule is CN(c1ccc(C(=N)N)c(Br)c1F)C1CCS(=O)(=O)C1. The number of amidine groups is 1. The fraction of sp³-hybridized carbons (Fsp3) is 0.417. The first-order valence-electron chi connectivity index (χ1n) is 5.98. The van der Waals surface area contributed by atoms with Crippen molar-refractivity contribution in [1.82, 2.24) is 0 Å². The molecule has 1 heterocycles. The van der Waals surface area contributed by atoms with Gasteiger partial charge in [0.1, 0.15) is 5.84 Å². The second-order valence-corrected chi connectivity index (χ2v) is 7.86. The maximum atomic E-state index is 14.3. The van der Waals surface area contributed by atoms with Crippen molar-refractivity contribution in [2.45, 2.75) is 12.5 Å². The number of nitrogens with zero attached hydrogens (tertiary/aromatic N) is 1. The van der Waals surface area contributed by atoms with Gasteiger partial charge in [-0.3, -0.25) is 5.41 Å². The highest BCUT2D eigenvalue weighted by Crippen LogP contribution is 2.31. The van der Waals surface area contributed by atoms with Crippen LogP contribution in [0.2, 0.25) is 0 Å². The molecule has 20 heavy (non-hydrogen) atoms. The van der Waals surface area contributed by atoms with Crippen molar-refractivity contribution in [3.05, 3.63) is 28.0 Å². The number of nitrogens with one attached hydrogen (secondary N) is 1. The van der Waals surface area contributed by atoms with Crippen LogP contribution in [0, 0.1) is 11.2 Å². The van der Waals surface area contributed by atoms with Crippen LogP contribution in [-0.2, 0) is 9.84 Å². The zero-order chi connectivity index (χ0) is 15.1. The lowest BCUT2D eigenvalue weighted by molar-refractivity contribution is 0.594. The molecule has 1 aromatic rings. The molecule has 8 heteroatoms. The van der Waals surface area contributed by atoms with E-state index in [-0.39, 0.29) is 33.4 Å². The molecule has 5 nitrogen and oxygen atoms in total. The molecule has 1 fully saturated rings. The first-order valence-corrected chi connectivity index (χ1v) is 8.60. The maximum Gasteiger partial charge on any atom is 0.161 e. The maximum absolute atomic E-state index is 14.3. The van der Waals surface area contributed by atoms with E-state index < -0.39 is 15.7 Å². The van der Waals surface area contributed by atoms with Gasteiger partial charge in [0.05, 0.1) is 21.7 Å². The van der Waals surface area contributed by atoms with Gasteiger partial charge in [0, 0.05) is 18.7 Å². The minimum Gasteiger partial charge on any atom is -0.384 e. The van der Waals surface area contributed by atoms with Gasteiger partial charge in [-0.1, -0.05) is 0 Å². The predicted molar refractivity (Wildman–Crippen MR) is 80.6 cm³/mol. The number of halogens is 2. The van der Waals surface area contributed by atoms with E-state index in [9.17, 15) is 12.8 Å². The Balaban J connectivity index is 2.34. The summed E-state index contributed by atoms with van der Waals surface area (Å²) in [6.07, 6.45) is 0.490. The highest BCUT2D eigenvalue weighted by Gasteiger charge is 2.32. The minimum absolute atomic E-state index is 0.0367. The van der Waals surface area contributed by atoms with E-state index in [1.54, 1.807) is 18.0 Å². The second-order valence-electron chi connectivity index (χ2n) is 4.84. The Morgan fingerprint density at radius 3 is 2.70 bits per heavy atom. The summed E-state index contributed by atoms with van der Waals surface area (Å²) in [6.45, 7) is 0. The van der Waals surface area contributed by atoms with Crippen LogP contribution in [0.4, 0.5) is 10.1 Å². The van der Waals surface area contributed by atoms with E-state index >= 15 is 0 Å². The van der Waals surface area contributed by atoms with E-state index in [0.717, 1.165) is 0 Å². The van der Waals surface area contributed by atoms with E-state index in [4.69, 9.17) is 11.1 Å². The molecular weight excluding hydrogens is 349 g/mol. The summed E-state index contributed by atoms with van der Waals surface area (Å²) >= 11 is 3.09. The molecule has 1 saturated heterocycles. The van der Waals surface area contributed by atoms with Crippen LogP contribution in [-0.4, -0.2) is 38.8 Å². The zero-order valence-corrected chi connectivity index (χ0v) is 13.3. The van der Waals surface area contributed by atoms with Crippen LogP contribution in [0.25, 0.3) is 0 Å². The molecule has 0 bridgehead atoms. The van der Waals surface area contributed by atoms with Crippen molar-refractivity contribution in [1.29, 1.82) is 5.41 Å². The molecule has 1 atom stereocenters. The standard InChI is InChI=1S/C12H15BrFN3O2S/c1-17(7-4-5-20(18,19)6-7)9-3-2-8(12(15)16)10(13)11(9)14/h2-3,7H,4-6H2,1H3,(H3,15,16). The molecule has 2 rings (SSSR count). The summed E-state index contributed by atoms with van der Waals surface area (Å²) in [5, 5.41) is 7.36. The van der Waals surface area contributed by atoms with E-state index in [1.165, 1.54) is 6.07 Å². The van der Waals surface area contributed by atoms with E-state index in [2.05, 4.69) is 15.9 Å². The summed E-state index contributed by atoms with van der Waals surface area (Å²) in [6, 6.07) is 2.83. The van der Waals surface area contributed by atoms with Crippen molar-refractivity contribution in [2.75, 3.05) is 23.5 Å². The van der Waals surface area contributed by atoms with Crippen LogP contribution in [0.1, 0.15) is 12.0 Å². The lowest BCUT2D eigenvalue weighted by atomic mass is 10.1. The van der Waals surface area contributed by atoms with Gasteiger partial charge in [0.25, 0.3) is 0 Å². The minimum atomic E-state index is -3.02. The van der Waals surface area contributed by atoms with Crippen molar-refractivity contribution in [3.8, 4) is 0 Å². The summed E-state index contributed by atoms with van der Waals surface area (Å²) in [5.41, 5.74) is 5.93. The topological polar surface area (TPSA) is 87.2 Å². The van der Waals surface area contributed by atoms with Crippen LogP contribution in [0.15, 0.2) is 16.6 Å². The van der Waals surface area contributed by atoms with Crippen LogP contribution in [0.3, 0.4) is 0 Å². The first kappa shape index (κ1) is 15.2. The van der Waals surface area contributed by atoms with Crippen LogP contribution < -0.4 is 10.6 Å². The number of hydrogen-bond acceptors (Lipinski definition) is 4. The average molecular weight is 364 g/mol. The van der Waals surface area contributed by atoms with Gasteiger partial charge in [-0.05, 0) is 34.5 Å². The molecule has 0 aromatic heterocycles. The smallest absolute Gasteiger partial charge is 0.161 e. The monoisotopic (exact) mass is 363 g/mol. The molecule has 0 saturated carbocycles. The molecule has 1 aliphatic rings. The second kappa shape index (κ2) is 5.33. The van der Waals surface area contributed by atoms with Crippen LogP contribution in [0.5, 0.6) is 0 Å². The van der Waals surface area contributed by atoms with Gasteiger partial charge < -0.3 is 10.6 Å². The summed E-state index contributed by atoms with van der Waals surface area (Å²) in [5.74, 6) is -0.594. The Hall–Kier alpha value is -1.15. The third-order valence-electron chi connectivity index (χ3n) is 3.49. The molecule has 0 aliphatic carbocycles. The molecule has 1 unspecified atom stereocenters. The van der Waals surface area contributed by atoms with E-state index in [0.29, 0.717) is 12.1 Å². The van der Waals surface area contributed by atoms with Gasteiger partial charge in [0.2, 0.25) is 0 Å². The Bertz CT molecular complexity index is 663. The average Bonchev–Trinajstić information content (AvgIpc) is 2.72. The number of nitrogens with two attached hydrogens (primary N) is 1. The molecular formula is C12H15BrFN3O2S. The Morgan fingerprint density at radius 1 is 1.55 bits per heavy atom. The lowest BCUT2D eigenvalue weighted by Crippen LogP contribution is -2.33. The molecule has 1 aliphatic heterocycles. The highest BCUT2D eigenvalue weighted by atomic mass is 79.9.